The molecule has 7 heteroatoms. The average Bonchev–Trinajstić information content (AvgIpc) is 2.94. The third kappa shape index (κ3) is 3.77. The Morgan fingerprint density at radius 3 is 2.23 bits per heavy atom. The van der Waals surface area contributed by atoms with E-state index in [9.17, 15) is 14.4 Å². The molecule has 7 nitrogen and oxygen atoms in total. The summed E-state index contributed by atoms with van der Waals surface area (Å²) in [5, 5.41) is 5.55. The first-order valence-electron chi connectivity index (χ1n) is 8.28. The van der Waals surface area contributed by atoms with Crippen molar-refractivity contribution in [1.82, 2.24) is 4.98 Å². The number of carbonyl (C=O) groups is 3. The summed E-state index contributed by atoms with van der Waals surface area (Å²) in [7, 11) is 1.31. The number of nitrogens with one attached hydrogen (secondary N) is 3. The second-order valence-electron chi connectivity index (χ2n) is 5.94. The van der Waals surface area contributed by atoms with Crippen LogP contribution >= 0.6 is 0 Å². The first-order valence-corrected chi connectivity index (χ1v) is 8.28. The highest BCUT2D eigenvalue weighted by Crippen LogP contribution is 2.25. The fourth-order valence-corrected chi connectivity index (χ4v) is 2.81. The monoisotopic (exact) mass is 357 g/mol. The normalized spacial score (nSPS) is 10.3. The van der Waals surface area contributed by atoms with Gasteiger partial charge in [-0.25, -0.2) is 4.79 Å². The minimum atomic E-state index is -0.474. The average molecular weight is 357 g/mol. The van der Waals surface area contributed by atoms with E-state index in [0.717, 1.165) is 5.56 Å². The summed E-state index contributed by atoms with van der Waals surface area (Å²) >= 11 is 0. The van der Waals surface area contributed by atoms with E-state index in [2.05, 4.69) is 15.6 Å². The first-order chi connectivity index (χ1) is 12.3. The molecule has 0 fully saturated rings. The number of amides is 2. The number of aryl methyl sites for hydroxylation is 1. The number of methoxy groups -OCH3 is 1. The van der Waals surface area contributed by atoms with Crippen LogP contribution in [0.5, 0.6) is 0 Å². The van der Waals surface area contributed by atoms with Gasteiger partial charge in [-0.3, -0.25) is 9.59 Å². The van der Waals surface area contributed by atoms with Crippen LogP contribution in [0.3, 0.4) is 0 Å². The van der Waals surface area contributed by atoms with E-state index >= 15 is 0 Å². The first kappa shape index (κ1) is 19.2. The van der Waals surface area contributed by atoms with Gasteiger partial charge in [0, 0.05) is 24.0 Å². The zero-order valence-electron chi connectivity index (χ0n) is 15.6. The molecule has 0 unspecified atom stereocenters. The third-order valence-electron chi connectivity index (χ3n) is 4.19. The zero-order chi connectivity index (χ0) is 19.4. The number of rotatable bonds is 5. The largest absolute Gasteiger partial charge is 0.465 e. The number of H-pyrrole nitrogens is 1. The van der Waals surface area contributed by atoms with Gasteiger partial charge in [0.2, 0.25) is 5.91 Å². The molecule has 0 saturated heterocycles. The Morgan fingerprint density at radius 1 is 1.08 bits per heavy atom. The van der Waals surface area contributed by atoms with Gasteiger partial charge < -0.3 is 20.4 Å². The summed E-state index contributed by atoms with van der Waals surface area (Å²) in [4.78, 5) is 39.0. The Kier molecular flexibility index (Phi) is 5.82. The highest BCUT2D eigenvalue weighted by molar-refractivity contribution is 6.07. The highest BCUT2D eigenvalue weighted by Gasteiger charge is 2.24. The Bertz CT molecular complexity index is 868. The maximum atomic E-state index is 12.7. The van der Waals surface area contributed by atoms with Crippen molar-refractivity contribution in [3.05, 3.63) is 46.3 Å². The Hall–Kier alpha value is -3.09. The van der Waals surface area contributed by atoms with Crippen molar-refractivity contribution in [2.75, 3.05) is 17.7 Å². The second kappa shape index (κ2) is 7.86. The van der Waals surface area contributed by atoms with Crippen LogP contribution in [-0.4, -0.2) is 29.9 Å². The van der Waals surface area contributed by atoms with Crippen molar-refractivity contribution < 1.29 is 19.1 Å². The summed E-state index contributed by atoms with van der Waals surface area (Å²) in [5.41, 5.74) is 3.85. The summed E-state index contributed by atoms with van der Waals surface area (Å²) in [6.07, 6.45) is 0.565. The number of ether oxygens (including phenoxy) is 1. The molecular formula is C19H23N3O4. The number of aromatic nitrogens is 1. The molecule has 0 atom stereocenters. The lowest BCUT2D eigenvalue weighted by Gasteiger charge is -2.12. The maximum Gasteiger partial charge on any atom is 0.339 e. The number of esters is 1. The lowest BCUT2D eigenvalue weighted by molar-refractivity contribution is -0.114. The zero-order valence-corrected chi connectivity index (χ0v) is 15.6. The standard InChI is InChI=1S/C19H23N3O4/c1-6-13-16(19(25)26-5)11(3)17(21-13)18(24)22-15-9-7-8-14(10(15)2)20-12(4)23/h7-9,21H,6H2,1-5H3,(H,20,23)(H,22,24). The van der Waals surface area contributed by atoms with E-state index in [1.165, 1.54) is 14.0 Å². The van der Waals surface area contributed by atoms with E-state index in [0.29, 0.717) is 40.3 Å². The number of benzene rings is 1. The van der Waals surface area contributed by atoms with Gasteiger partial charge in [-0.2, -0.15) is 0 Å². The molecule has 0 aliphatic heterocycles. The second-order valence-corrected chi connectivity index (χ2v) is 5.94. The van der Waals surface area contributed by atoms with Crippen molar-refractivity contribution in [2.45, 2.75) is 34.1 Å². The van der Waals surface area contributed by atoms with Crippen molar-refractivity contribution >= 4 is 29.2 Å². The molecule has 0 radical (unpaired) electrons. The molecule has 1 aromatic heterocycles. The molecule has 2 rings (SSSR count). The molecular weight excluding hydrogens is 334 g/mol. The number of aromatic amines is 1. The molecule has 0 aliphatic rings. The molecule has 2 aromatic rings. The van der Waals surface area contributed by atoms with E-state index < -0.39 is 5.97 Å². The van der Waals surface area contributed by atoms with E-state index in [4.69, 9.17) is 4.74 Å². The summed E-state index contributed by atoms with van der Waals surface area (Å²) in [5.74, 6) is -1.03. The number of hydrogen-bond donors (Lipinski definition) is 3. The SMILES string of the molecule is CCc1[nH]c(C(=O)Nc2cccc(NC(C)=O)c2C)c(C)c1C(=O)OC. The molecule has 0 bridgehead atoms. The maximum absolute atomic E-state index is 12.7. The molecule has 2 amide bonds. The molecule has 0 aliphatic carbocycles. The topological polar surface area (TPSA) is 100 Å². The molecule has 0 saturated carbocycles. The predicted molar refractivity (Wildman–Crippen MR) is 99.7 cm³/mol. The molecule has 138 valence electrons. The lowest BCUT2D eigenvalue weighted by Crippen LogP contribution is -2.16. The molecule has 1 aromatic carbocycles. The van der Waals surface area contributed by atoms with Crippen LogP contribution in [0.25, 0.3) is 0 Å². The van der Waals surface area contributed by atoms with Gasteiger partial charge >= 0.3 is 5.97 Å². The van der Waals surface area contributed by atoms with Gasteiger partial charge in [-0.05, 0) is 43.5 Å². The third-order valence-corrected chi connectivity index (χ3v) is 4.19. The van der Waals surface area contributed by atoms with Crippen LogP contribution in [0.15, 0.2) is 18.2 Å². The molecule has 1 heterocycles. The van der Waals surface area contributed by atoms with Gasteiger partial charge in [0.25, 0.3) is 5.91 Å². The van der Waals surface area contributed by atoms with Crippen molar-refractivity contribution in [3.63, 3.8) is 0 Å². The van der Waals surface area contributed by atoms with Crippen molar-refractivity contribution in [3.8, 4) is 0 Å². The minimum Gasteiger partial charge on any atom is -0.465 e. The summed E-state index contributed by atoms with van der Waals surface area (Å²) < 4.78 is 4.81. The Balaban J connectivity index is 2.36. The van der Waals surface area contributed by atoms with Crippen LogP contribution in [0.1, 0.15) is 51.5 Å². The fraction of sp³-hybridized carbons (Fsp3) is 0.316. The van der Waals surface area contributed by atoms with Gasteiger partial charge in [-0.1, -0.05) is 13.0 Å². The van der Waals surface area contributed by atoms with Crippen LogP contribution in [0, 0.1) is 13.8 Å². The van der Waals surface area contributed by atoms with Gasteiger partial charge in [0.1, 0.15) is 5.69 Å². The van der Waals surface area contributed by atoms with Crippen LogP contribution < -0.4 is 10.6 Å². The summed E-state index contributed by atoms with van der Waals surface area (Å²) in [6, 6.07) is 5.25. The van der Waals surface area contributed by atoms with Crippen LogP contribution in [-0.2, 0) is 16.0 Å². The quantitative estimate of drug-likeness (QED) is 0.715. The number of anilines is 2. The van der Waals surface area contributed by atoms with Gasteiger partial charge in [-0.15, -0.1) is 0 Å². The van der Waals surface area contributed by atoms with Gasteiger partial charge in [0.05, 0.1) is 12.7 Å². The fourth-order valence-electron chi connectivity index (χ4n) is 2.81. The minimum absolute atomic E-state index is 0.188. The molecule has 0 spiro atoms. The highest BCUT2D eigenvalue weighted by atomic mass is 16.5. The van der Waals surface area contributed by atoms with Crippen molar-refractivity contribution in [2.24, 2.45) is 0 Å². The van der Waals surface area contributed by atoms with Crippen LogP contribution in [0.2, 0.25) is 0 Å². The van der Waals surface area contributed by atoms with E-state index in [1.54, 1.807) is 32.0 Å². The summed E-state index contributed by atoms with van der Waals surface area (Å²) in [6.45, 7) is 6.82. The number of carbonyl (C=O) groups excluding carboxylic acids is 3. The van der Waals surface area contributed by atoms with Crippen molar-refractivity contribution in [1.29, 1.82) is 0 Å². The van der Waals surface area contributed by atoms with Gasteiger partial charge in [0.15, 0.2) is 0 Å². The smallest absolute Gasteiger partial charge is 0.339 e. The van der Waals surface area contributed by atoms with E-state index in [-0.39, 0.29) is 11.8 Å². The molecule has 26 heavy (non-hydrogen) atoms. The molecule has 3 N–H and O–H groups in total. The van der Waals surface area contributed by atoms with Crippen LogP contribution in [0.4, 0.5) is 11.4 Å². The Labute approximate surface area is 152 Å². The van der Waals surface area contributed by atoms with E-state index in [1.807, 2.05) is 6.92 Å². The predicted octanol–water partition coefficient (Wildman–Crippen LogP) is 3.19. The number of hydrogen-bond acceptors (Lipinski definition) is 4. The Morgan fingerprint density at radius 2 is 1.69 bits per heavy atom. The lowest BCUT2D eigenvalue weighted by atomic mass is 10.1.